The molecule has 1 N–H and O–H groups in total. The van der Waals surface area contributed by atoms with Crippen molar-refractivity contribution in [1.82, 2.24) is 9.55 Å². The molecule has 158 valence electrons. The number of aliphatic hydroxyl groups excluding tert-OH is 1. The van der Waals surface area contributed by atoms with Gasteiger partial charge in [0.05, 0.1) is 28.5 Å². The van der Waals surface area contributed by atoms with Crippen LogP contribution >= 0.6 is 11.6 Å². The van der Waals surface area contributed by atoms with Crippen molar-refractivity contribution in [3.8, 4) is 0 Å². The minimum Gasteiger partial charge on any atom is -0.396 e. The maximum Gasteiger partial charge on any atom is 0.129 e. The molecule has 0 aliphatic carbocycles. The molecule has 0 saturated carbocycles. The zero-order chi connectivity index (χ0) is 21.8. The minimum atomic E-state index is -0.320. The summed E-state index contributed by atoms with van der Waals surface area (Å²) in [6.07, 6.45) is 4.02. The fourth-order valence-corrected chi connectivity index (χ4v) is 3.72. The van der Waals surface area contributed by atoms with E-state index in [4.69, 9.17) is 16.3 Å². The van der Waals surface area contributed by atoms with E-state index in [1.54, 1.807) is 19.4 Å². The molecule has 1 atom stereocenters. The van der Waals surface area contributed by atoms with Crippen molar-refractivity contribution >= 4 is 34.4 Å². The predicted octanol–water partition coefficient (Wildman–Crippen LogP) is 5.29. The number of aryl methyl sites for hydroxylation is 1. The molecule has 0 aliphatic heterocycles. The van der Waals surface area contributed by atoms with Crippen molar-refractivity contribution in [3.05, 3.63) is 46.9 Å². The first-order valence-electron chi connectivity index (χ1n) is 9.91. The van der Waals surface area contributed by atoms with Crippen LogP contribution in [0.3, 0.4) is 0 Å². The summed E-state index contributed by atoms with van der Waals surface area (Å²) in [4.78, 5) is 9.26. The number of aliphatic hydroxyl groups is 1. The molecule has 0 bridgehead atoms. The molecule has 2 rings (SSSR count). The van der Waals surface area contributed by atoms with Crippen molar-refractivity contribution < 1.29 is 9.84 Å². The highest BCUT2D eigenvalue weighted by Crippen LogP contribution is 2.37. The van der Waals surface area contributed by atoms with Crippen molar-refractivity contribution in [2.24, 2.45) is 10.4 Å². The average molecular weight is 418 g/mol. The highest BCUT2D eigenvalue weighted by Gasteiger charge is 2.28. The number of ether oxygens (including phenoxy) is 1. The minimum absolute atomic E-state index is 0.0629. The lowest BCUT2D eigenvalue weighted by Gasteiger charge is -2.23. The first-order valence-corrected chi connectivity index (χ1v) is 10.3. The summed E-state index contributed by atoms with van der Waals surface area (Å²) in [6.45, 7) is 14.9. The lowest BCUT2D eigenvalue weighted by atomic mass is 9.85. The second kappa shape index (κ2) is 9.70. The standard InChI is InChI=1S/C23H32ClN3O2/c1-8-16(20(25-9-2)15(4)29-7)22-17(13-23(5,6)14-28)21-18(27(22)10-3)11-12-19(24)26-21/h8-9,11-12,15,28H,1,10,13-14H2,2-7H3/b20-16+,25-9?/t15-/m0/s1. The molecule has 0 aliphatic rings. The monoisotopic (exact) mass is 417 g/mol. The van der Waals surface area contributed by atoms with E-state index in [1.807, 2.05) is 39.8 Å². The molecule has 2 aromatic heterocycles. The average Bonchev–Trinajstić information content (AvgIpc) is 2.99. The molecule has 5 nitrogen and oxygen atoms in total. The molecule has 0 spiro atoms. The fraction of sp³-hybridized carbons (Fsp3) is 0.478. The Labute approximate surface area is 178 Å². The van der Waals surface area contributed by atoms with E-state index in [-0.39, 0.29) is 18.1 Å². The van der Waals surface area contributed by atoms with E-state index in [0.717, 1.165) is 40.1 Å². The fourth-order valence-electron chi connectivity index (χ4n) is 3.57. The molecule has 0 radical (unpaired) electrons. The van der Waals surface area contributed by atoms with Crippen LogP contribution < -0.4 is 0 Å². The molecule has 6 heteroatoms. The molecular weight excluding hydrogens is 386 g/mol. The number of aromatic nitrogens is 2. The highest BCUT2D eigenvalue weighted by molar-refractivity contribution is 6.29. The summed E-state index contributed by atoms with van der Waals surface area (Å²) in [6, 6.07) is 3.80. The first-order chi connectivity index (χ1) is 13.7. The Kier molecular flexibility index (Phi) is 7.80. The molecule has 0 fully saturated rings. The Morgan fingerprint density at radius 3 is 2.66 bits per heavy atom. The first kappa shape index (κ1) is 23.3. The van der Waals surface area contributed by atoms with Gasteiger partial charge in [-0.2, -0.15) is 0 Å². The van der Waals surface area contributed by atoms with Crippen molar-refractivity contribution in [2.45, 2.75) is 53.7 Å². The van der Waals surface area contributed by atoms with E-state index in [1.165, 1.54) is 0 Å². The third-order valence-electron chi connectivity index (χ3n) is 5.11. The van der Waals surface area contributed by atoms with Crippen LogP contribution in [0, 0.1) is 5.41 Å². The van der Waals surface area contributed by atoms with Gasteiger partial charge in [0.2, 0.25) is 0 Å². The molecule has 29 heavy (non-hydrogen) atoms. The van der Waals surface area contributed by atoms with Gasteiger partial charge in [-0.1, -0.05) is 38.1 Å². The number of fused-ring (bicyclic) bond motifs is 1. The summed E-state index contributed by atoms with van der Waals surface area (Å²) in [5, 5.41) is 10.4. The Morgan fingerprint density at radius 1 is 1.45 bits per heavy atom. The van der Waals surface area contributed by atoms with Gasteiger partial charge in [0.1, 0.15) is 5.15 Å². The molecule has 0 unspecified atom stereocenters. The van der Waals surface area contributed by atoms with Crippen LogP contribution in [0.1, 0.15) is 45.9 Å². The van der Waals surface area contributed by atoms with E-state index < -0.39 is 0 Å². The summed E-state index contributed by atoms with van der Waals surface area (Å²) in [7, 11) is 1.67. The second-order valence-corrected chi connectivity index (χ2v) is 8.23. The number of allylic oxidation sites excluding steroid dienone is 2. The molecular formula is C23H32ClN3O2. The summed E-state index contributed by atoms with van der Waals surface area (Å²) in [5.74, 6) is 0. The number of hydrogen-bond donors (Lipinski definition) is 1. The molecule has 0 saturated heterocycles. The van der Waals surface area contributed by atoms with Gasteiger partial charge in [0, 0.05) is 37.6 Å². The van der Waals surface area contributed by atoms with Crippen LogP contribution in [0.5, 0.6) is 0 Å². The Morgan fingerprint density at radius 2 is 2.14 bits per heavy atom. The van der Waals surface area contributed by atoms with Crippen molar-refractivity contribution in [3.63, 3.8) is 0 Å². The number of rotatable bonds is 9. The smallest absolute Gasteiger partial charge is 0.129 e. The van der Waals surface area contributed by atoms with Crippen LogP contribution in [0.2, 0.25) is 5.15 Å². The lowest BCUT2D eigenvalue weighted by molar-refractivity contribution is 0.146. The van der Waals surface area contributed by atoms with Crippen LogP contribution in [0.4, 0.5) is 0 Å². The summed E-state index contributed by atoms with van der Waals surface area (Å²) >= 11 is 6.25. The number of aliphatic imine (C=N–C) groups is 1. The zero-order valence-corrected chi connectivity index (χ0v) is 19.0. The predicted molar refractivity (Wildman–Crippen MR) is 123 cm³/mol. The third kappa shape index (κ3) is 4.80. The number of nitrogens with zero attached hydrogens (tertiary/aromatic N) is 3. The van der Waals surface area contributed by atoms with Crippen molar-refractivity contribution in [2.75, 3.05) is 13.7 Å². The Bertz CT molecular complexity index is 941. The normalized spacial score (nSPS) is 14.5. The topological polar surface area (TPSA) is 59.6 Å². The quantitative estimate of drug-likeness (QED) is 0.342. The number of hydrogen-bond acceptors (Lipinski definition) is 4. The Balaban J connectivity index is 3.01. The van der Waals surface area contributed by atoms with E-state index in [9.17, 15) is 5.11 Å². The number of pyridine rings is 1. The van der Waals surface area contributed by atoms with Gasteiger partial charge < -0.3 is 14.4 Å². The van der Waals surface area contributed by atoms with E-state index >= 15 is 0 Å². The largest absolute Gasteiger partial charge is 0.396 e. The van der Waals surface area contributed by atoms with Gasteiger partial charge in [0.15, 0.2) is 0 Å². The van der Waals surface area contributed by atoms with Crippen LogP contribution in [0.15, 0.2) is 35.5 Å². The molecule has 0 amide bonds. The second-order valence-electron chi connectivity index (χ2n) is 7.84. The number of methoxy groups -OCH3 is 1. The van der Waals surface area contributed by atoms with Gasteiger partial charge in [-0.15, -0.1) is 0 Å². The lowest BCUT2D eigenvalue weighted by Crippen LogP contribution is -2.21. The summed E-state index contributed by atoms with van der Waals surface area (Å²) < 4.78 is 7.81. The van der Waals surface area contributed by atoms with E-state index in [0.29, 0.717) is 11.6 Å². The number of halogens is 1. The zero-order valence-electron chi connectivity index (χ0n) is 18.3. The van der Waals surface area contributed by atoms with Crippen molar-refractivity contribution in [1.29, 1.82) is 0 Å². The molecule has 2 aromatic rings. The maximum atomic E-state index is 9.92. The third-order valence-corrected chi connectivity index (χ3v) is 5.32. The van der Waals surface area contributed by atoms with Crippen LogP contribution in [-0.2, 0) is 17.7 Å². The van der Waals surface area contributed by atoms with Gasteiger partial charge in [-0.05, 0) is 44.7 Å². The van der Waals surface area contributed by atoms with Crippen LogP contribution in [-0.4, -0.2) is 40.7 Å². The van der Waals surface area contributed by atoms with Gasteiger partial charge in [-0.3, -0.25) is 4.99 Å². The van der Waals surface area contributed by atoms with E-state index in [2.05, 4.69) is 28.0 Å². The maximum absolute atomic E-state index is 9.92. The van der Waals surface area contributed by atoms with Crippen LogP contribution in [0.25, 0.3) is 16.6 Å². The highest BCUT2D eigenvalue weighted by atomic mass is 35.5. The molecule has 0 aromatic carbocycles. The summed E-state index contributed by atoms with van der Waals surface area (Å²) in [5.41, 5.74) is 5.26. The van der Waals surface area contributed by atoms with Gasteiger partial charge in [0.25, 0.3) is 0 Å². The SMILES string of the molecule is C=C/C(=C(\N=CC)[C@H](C)OC)c1c(CC(C)(C)CO)c2nc(Cl)ccc2n1CC. The van der Waals surface area contributed by atoms with Gasteiger partial charge >= 0.3 is 0 Å². The molecule has 2 heterocycles. The van der Waals surface area contributed by atoms with Gasteiger partial charge in [-0.25, -0.2) is 4.98 Å². The Hall–Kier alpha value is -1.95.